The number of likely N-dealkylation sites (tertiary alicyclic amines) is 1. The zero-order chi connectivity index (χ0) is 22.1. The zero-order valence-electron chi connectivity index (χ0n) is 18.9. The quantitative estimate of drug-likeness (QED) is 0.174. The van der Waals surface area contributed by atoms with Crippen molar-refractivity contribution in [1.29, 1.82) is 0 Å². The molecule has 9 heteroatoms. The summed E-state index contributed by atoms with van der Waals surface area (Å²) in [6, 6.07) is 3.90. The van der Waals surface area contributed by atoms with E-state index < -0.39 is 0 Å². The fourth-order valence-corrected chi connectivity index (χ4v) is 5.70. The van der Waals surface area contributed by atoms with Gasteiger partial charge in [-0.05, 0) is 50.0 Å². The molecule has 2 N–H and O–H groups in total. The number of carbonyl (C=O) groups is 2. The maximum Gasteiger partial charge on any atom is 0.233 e. The van der Waals surface area contributed by atoms with E-state index in [9.17, 15) is 9.59 Å². The van der Waals surface area contributed by atoms with Crippen LogP contribution in [-0.4, -0.2) is 53.9 Å². The van der Waals surface area contributed by atoms with Gasteiger partial charge in [0.1, 0.15) is 6.10 Å². The Morgan fingerprint density at radius 3 is 2.52 bits per heavy atom. The summed E-state index contributed by atoms with van der Waals surface area (Å²) >= 11 is 0. The van der Waals surface area contributed by atoms with Gasteiger partial charge in [0.15, 0.2) is 5.96 Å². The number of amides is 2. The van der Waals surface area contributed by atoms with Crippen molar-refractivity contribution >= 4 is 41.8 Å². The maximum atomic E-state index is 12.8. The van der Waals surface area contributed by atoms with Gasteiger partial charge in [-0.1, -0.05) is 18.2 Å². The van der Waals surface area contributed by atoms with Crippen LogP contribution in [-0.2, 0) is 16.1 Å². The first-order valence-electron chi connectivity index (χ1n) is 11.7. The van der Waals surface area contributed by atoms with Crippen LogP contribution in [0.25, 0.3) is 0 Å². The predicted octanol–water partition coefficient (Wildman–Crippen LogP) is 2.49. The number of halogens is 1. The molecule has 178 valence electrons. The molecule has 4 unspecified atom stereocenters. The topological polar surface area (TPSA) is 95.9 Å². The summed E-state index contributed by atoms with van der Waals surface area (Å²) in [4.78, 5) is 35.7. The monoisotopic (exact) mass is 565 g/mol. The third kappa shape index (κ3) is 4.74. The molecule has 1 aromatic heterocycles. The minimum atomic E-state index is -0.140. The van der Waals surface area contributed by atoms with Crippen LogP contribution in [0, 0.1) is 23.7 Å². The minimum absolute atomic E-state index is 0. The molecule has 33 heavy (non-hydrogen) atoms. The van der Waals surface area contributed by atoms with E-state index in [2.05, 4.69) is 32.8 Å². The third-order valence-corrected chi connectivity index (χ3v) is 7.29. The van der Waals surface area contributed by atoms with Crippen molar-refractivity contribution in [2.75, 3.05) is 20.1 Å². The summed E-state index contributed by atoms with van der Waals surface area (Å²) in [5.41, 5.74) is 0.975. The van der Waals surface area contributed by atoms with Crippen molar-refractivity contribution in [1.82, 2.24) is 20.5 Å². The van der Waals surface area contributed by atoms with Crippen LogP contribution in [0.3, 0.4) is 0 Å². The van der Waals surface area contributed by atoms with E-state index in [0.717, 1.165) is 24.8 Å². The van der Waals surface area contributed by atoms with Crippen LogP contribution in [0.15, 0.2) is 35.5 Å². The molecule has 0 spiro atoms. The second-order valence-corrected chi connectivity index (χ2v) is 9.17. The number of aromatic nitrogens is 1. The number of imide groups is 1. The smallest absolute Gasteiger partial charge is 0.233 e. The van der Waals surface area contributed by atoms with E-state index in [-0.39, 0.29) is 65.6 Å². The molecule has 3 aliphatic carbocycles. The van der Waals surface area contributed by atoms with Crippen LogP contribution in [0.5, 0.6) is 5.88 Å². The van der Waals surface area contributed by atoms with Crippen LogP contribution in [0.2, 0.25) is 0 Å². The van der Waals surface area contributed by atoms with Gasteiger partial charge in [0, 0.05) is 38.4 Å². The van der Waals surface area contributed by atoms with Gasteiger partial charge in [-0.2, -0.15) is 0 Å². The van der Waals surface area contributed by atoms with Gasteiger partial charge in [0.25, 0.3) is 0 Å². The van der Waals surface area contributed by atoms with E-state index in [1.165, 1.54) is 17.7 Å². The van der Waals surface area contributed by atoms with Crippen molar-refractivity contribution in [3.63, 3.8) is 0 Å². The van der Waals surface area contributed by atoms with Crippen LogP contribution in [0.4, 0.5) is 0 Å². The van der Waals surface area contributed by atoms with Crippen LogP contribution >= 0.6 is 24.0 Å². The Kier molecular flexibility index (Phi) is 7.55. The molecule has 2 amide bonds. The molecule has 3 fully saturated rings. The molecule has 8 nitrogen and oxygen atoms in total. The number of rotatable bonds is 7. The summed E-state index contributed by atoms with van der Waals surface area (Å²) in [6.07, 6.45) is 11.8. The fourth-order valence-electron chi connectivity index (χ4n) is 5.70. The summed E-state index contributed by atoms with van der Waals surface area (Å²) in [5, 5.41) is 6.50. The van der Waals surface area contributed by atoms with Gasteiger partial charge in [0.2, 0.25) is 17.7 Å². The highest BCUT2D eigenvalue weighted by atomic mass is 127. The standard InChI is InChI=1S/C24H31N5O3.HI/c1-25-24(28-14-17-5-4-10-26-21(17)32-18-6-2-3-7-18)27-11-12-29-22(30)19-15-8-9-16(13-15)20(19)23(29)31;/h4-5,8-10,15-16,18-20H,2-3,6-7,11-14H2,1H3,(H2,25,27,28);1H. The van der Waals surface area contributed by atoms with Gasteiger partial charge in [-0.3, -0.25) is 19.5 Å². The first-order valence-corrected chi connectivity index (χ1v) is 11.7. The highest BCUT2D eigenvalue weighted by Crippen LogP contribution is 2.52. The summed E-state index contributed by atoms with van der Waals surface area (Å²) in [5.74, 6) is 1.48. The molecule has 0 aromatic carbocycles. The Morgan fingerprint density at radius 1 is 1.15 bits per heavy atom. The normalized spacial score (nSPS) is 28.3. The Labute approximate surface area is 211 Å². The fraction of sp³-hybridized carbons (Fsp3) is 0.583. The largest absolute Gasteiger partial charge is 0.474 e. The number of pyridine rings is 1. The molecule has 0 radical (unpaired) electrons. The summed E-state index contributed by atoms with van der Waals surface area (Å²) in [6.45, 7) is 1.34. The van der Waals surface area contributed by atoms with Crippen LogP contribution < -0.4 is 15.4 Å². The number of nitrogens with zero attached hydrogens (tertiary/aromatic N) is 3. The van der Waals surface area contributed by atoms with E-state index >= 15 is 0 Å². The predicted molar refractivity (Wildman–Crippen MR) is 135 cm³/mol. The lowest BCUT2D eigenvalue weighted by atomic mass is 9.85. The van der Waals surface area contributed by atoms with Crippen molar-refractivity contribution < 1.29 is 14.3 Å². The number of allylic oxidation sites excluding steroid dienone is 2. The Balaban J connectivity index is 0.00000259. The molecule has 1 aliphatic heterocycles. The van der Waals surface area contributed by atoms with Crippen molar-refractivity contribution in [2.45, 2.75) is 44.8 Å². The van der Waals surface area contributed by atoms with Crippen LogP contribution in [0.1, 0.15) is 37.7 Å². The van der Waals surface area contributed by atoms with Gasteiger partial charge < -0.3 is 15.4 Å². The number of guanidine groups is 1. The molecule has 5 rings (SSSR count). The number of nitrogens with one attached hydrogen (secondary N) is 2. The second kappa shape index (κ2) is 10.4. The minimum Gasteiger partial charge on any atom is -0.474 e. The van der Waals surface area contributed by atoms with Gasteiger partial charge >= 0.3 is 0 Å². The van der Waals surface area contributed by atoms with Crippen molar-refractivity contribution in [3.8, 4) is 5.88 Å². The number of fused-ring (bicyclic) bond motifs is 5. The van der Waals surface area contributed by atoms with Gasteiger partial charge in [-0.15, -0.1) is 24.0 Å². The van der Waals surface area contributed by atoms with E-state index in [4.69, 9.17) is 4.74 Å². The van der Waals surface area contributed by atoms with E-state index in [0.29, 0.717) is 31.5 Å². The summed E-state index contributed by atoms with van der Waals surface area (Å²) < 4.78 is 6.11. The maximum absolute atomic E-state index is 12.8. The summed E-state index contributed by atoms with van der Waals surface area (Å²) in [7, 11) is 1.70. The molecule has 1 aromatic rings. The van der Waals surface area contributed by atoms with Crippen molar-refractivity contribution in [3.05, 3.63) is 36.0 Å². The lowest BCUT2D eigenvalue weighted by molar-refractivity contribution is -0.140. The Bertz CT molecular complexity index is 916. The SMILES string of the molecule is CN=C(NCCN1C(=O)C2C3C=CC(C3)C2C1=O)NCc1cccnc1OC1CCCC1.I. The highest BCUT2D eigenvalue weighted by molar-refractivity contribution is 14.0. The first kappa shape index (κ1) is 24.0. The molecule has 4 aliphatic rings. The number of aliphatic imine (C=N–C) groups is 1. The number of carbonyl (C=O) groups excluding carboxylic acids is 2. The Morgan fingerprint density at radius 2 is 1.85 bits per heavy atom. The molecule has 2 heterocycles. The second-order valence-electron chi connectivity index (χ2n) is 9.17. The van der Waals surface area contributed by atoms with Gasteiger partial charge in [-0.25, -0.2) is 4.98 Å². The lowest BCUT2D eigenvalue weighted by Crippen LogP contribution is -2.43. The molecule has 4 atom stereocenters. The number of ether oxygens (including phenoxy) is 1. The van der Waals surface area contributed by atoms with Crippen molar-refractivity contribution in [2.24, 2.45) is 28.7 Å². The number of hydrogen-bond acceptors (Lipinski definition) is 5. The van der Waals surface area contributed by atoms with E-state index in [1.807, 2.05) is 12.1 Å². The van der Waals surface area contributed by atoms with E-state index in [1.54, 1.807) is 13.2 Å². The molecule has 2 saturated carbocycles. The van der Waals surface area contributed by atoms with Gasteiger partial charge in [0.05, 0.1) is 11.8 Å². The lowest BCUT2D eigenvalue weighted by Gasteiger charge is -2.19. The molecular formula is C24H32IN5O3. The average molecular weight is 565 g/mol. The average Bonchev–Trinajstić information content (AvgIpc) is 3.59. The Hall–Kier alpha value is -2.17. The number of hydrogen-bond donors (Lipinski definition) is 2. The zero-order valence-corrected chi connectivity index (χ0v) is 21.2. The molecular weight excluding hydrogens is 533 g/mol. The third-order valence-electron chi connectivity index (χ3n) is 7.29. The first-order chi connectivity index (χ1) is 15.7. The molecule has 1 saturated heterocycles. The molecule has 2 bridgehead atoms. The highest BCUT2D eigenvalue weighted by Gasteiger charge is 2.58.